The predicted octanol–water partition coefficient (Wildman–Crippen LogP) is 2.44. The molecule has 112 valence electrons. The van der Waals surface area contributed by atoms with Crippen LogP contribution in [-0.4, -0.2) is 47.8 Å². The Morgan fingerprint density at radius 2 is 2.40 bits per heavy atom. The summed E-state index contributed by atoms with van der Waals surface area (Å²) in [4.78, 5) is 15.4. The molecule has 0 bridgehead atoms. The van der Waals surface area contributed by atoms with Crippen molar-refractivity contribution in [3.63, 3.8) is 0 Å². The third-order valence-corrected chi connectivity index (χ3v) is 5.16. The van der Waals surface area contributed by atoms with Crippen molar-refractivity contribution in [1.82, 2.24) is 4.90 Å². The van der Waals surface area contributed by atoms with Crippen LogP contribution in [0.4, 0.5) is 0 Å². The first-order chi connectivity index (χ1) is 9.60. The van der Waals surface area contributed by atoms with Gasteiger partial charge in [0.05, 0.1) is 29.1 Å². The van der Waals surface area contributed by atoms with Gasteiger partial charge in [-0.15, -0.1) is 11.3 Å². The standard InChI is InChI=1S/C14H20BrNO3S/c1-10-9-19-11(8-17)7-16(10)14(18)4-2-3-12-5-6-13(15)20-12/h5-6,10-11,17H,2-4,7-9H2,1H3. The van der Waals surface area contributed by atoms with Gasteiger partial charge in [0.15, 0.2) is 0 Å². The highest BCUT2D eigenvalue weighted by Gasteiger charge is 2.28. The van der Waals surface area contributed by atoms with E-state index in [0.29, 0.717) is 19.6 Å². The van der Waals surface area contributed by atoms with Gasteiger partial charge in [-0.1, -0.05) is 0 Å². The van der Waals surface area contributed by atoms with E-state index in [9.17, 15) is 4.79 Å². The van der Waals surface area contributed by atoms with E-state index in [0.717, 1.165) is 16.6 Å². The van der Waals surface area contributed by atoms with Crippen molar-refractivity contribution in [2.24, 2.45) is 0 Å². The van der Waals surface area contributed by atoms with E-state index in [2.05, 4.69) is 22.0 Å². The molecule has 1 aliphatic rings. The van der Waals surface area contributed by atoms with Crippen LogP contribution < -0.4 is 0 Å². The fourth-order valence-electron chi connectivity index (χ4n) is 2.32. The molecule has 1 aliphatic heterocycles. The van der Waals surface area contributed by atoms with Crippen molar-refractivity contribution in [2.45, 2.75) is 38.3 Å². The van der Waals surface area contributed by atoms with Crippen molar-refractivity contribution >= 4 is 33.2 Å². The number of rotatable bonds is 5. The Bertz CT molecular complexity index is 451. The Morgan fingerprint density at radius 1 is 1.60 bits per heavy atom. The highest BCUT2D eigenvalue weighted by molar-refractivity contribution is 9.11. The quantitative estimate of drug-likeness (QED) is 0.876. The maximum atomic E-state index is 12.2. The normalized spacial score (nSPS) is 23.1. The molecule has 1 N–H and O–H groups in total. The Kier molecular flexibility index (Phi) is 6.01. The molecule has 1 aromatic heterocycles. The van der Waals surface area contributed by atoms with Crippen molar-refractivity contribution < 1.29 is 14.6 Å². The van der Waals surface area contributed by atoms with Gasteiger partial charge in [0, 0.05) is 17.8 Å². The van der Waals surface area contributed by atoms with Gasteiger partial charge in [-0.25, -0.2) is 0 Å². The molecule has 4 nitrogen and oxygen atoms in total. The molecule has 0 spiro atoms. The second-order valence-corrected chi connectivity index (χ2v) is 7.64. The third-order valence-electron chi connectivity index (χ3n) is 3.47. The first kappa shape index (κ1) is 15.9. The Morgan fingerprint density at radius 3 is 3.05 bits per heavy atom. The Hall–Kier alpha value is -0.430. The second kappa shape index (κ2) is 7.54. The largest absolute Gasteiger partial charge is 0.394 e. The van der Waals surface area contributed by atoms with Crippen LogP contribution in [0.1, 0.15) is 24.6 Å². The fourth-order valence-corrected chi connectivity index (χ4v) is 3.84. The summed E-state index contributed by atoms with van der Waals surface area (Å²) in [6, 6.07) is 4.23. The minimum Gasteiger partial charge on any atom is -0.394 e. The van der Waals surface area contributed by atoms with Gasteiger partial charge in [-0.05, 0) is 47.8 Å². The molecule has 1 aromatic rings. The summed E-state index contributed by atoms with van der Waals surface area (Å²) in [7, 11) is 0. The molecule has 20 heavy (non-hydrogen) atoms. The second-order valence-electron chi connectivity index (χ2n) is 5.09. The summed E-state index contributed by atoms with van der Waals surface area (Å²) < 4.78 is 6.58. The summed E-state index contributed by atoms with van der Waals surface area (Å²) in [5.74, 6) is 0.162. The van der Waals surface area contributed by atoms with Crippen LogP contribution in [0.15, 0.2) is 15.9 Å². The number of aryl methyl sites for hydroxylation is 1. The van der Waals surface area contributed by atoms with Crippen LogP contribution in [0, 0.1) is 0 Å². The SMILES string of the molecule is CC1COC(CO)CN1C(=O)CCCc1ccc(Br)s1. The average molecular weight is 362 g/mol. The van der Waals surface area contributed by atoms with Crippen molar-refractivity contribution in [3.05, 3.63) is 20.8 Å². The average Bonchev–Trinajstić information content (AvgIpc) is 2.85. The van der Waals surface area contributed by atoms with E-state index < -0.39 is 0 Å². The van der Waals surface area contributed by atoms with Gasteiger partial charge in [0.25, 0.3) is 0 Å². The highest BCUT2D eigenvalue weighted by atomic mass is 79.9. The van der Waals surface area contributed by atoms with Gasteiger partial charge >= 0.3 is 0 Å². The molecule has 2 rings (SSSR count). The van der Waals surface area contributed by atoms with E-state index in [1.165, 1.54) is 4.88 Å². The lowest BCUT2D eigenvalue weighted by atomic mass is 10.1. The number of carbonyl (C=O) groups excluding carboxylic acids is 1. The van der Waals surface area contributed by atoms with Crippen LogP contribution in [0.25, 0.3) is 0 Å². The first-order valence-electron chi connectivity index (χ1n) is 6.86. The molecule has 0 aromatic carbocycles. The summed E-state index contributed by atoms with van der Waals surface area (Å²) >= 11 is 5.16. The molecule has 6 heteroatoms. The maximum Gasteiger partial charge on any atom is 0.222 e. The zero-order valence-electron chi connectivity index (χ0n) is 11.5. The number of ether oxygens (including phenoxy) is 1. The Balaban J connectivity index is 1.78. The van der Waals surface area contributed by atoms with E-state index in [1.807, 2.05) is 17.9 Å². The van der Waals surface area contributed by atoms with Crippen molar-refractivity contribution in [1.29, 1.82) is 0 Å². The van der Waals surface area contributed by atoms with Crippen LogP contribution in [0.3, 0.4) is 0 Å². The smallest absolute Gasteiger partial charge is 0.222 e. The number of aliphatic hydroxyl groups is 1. The van der Waals surface area contributed by atoms with Gasteiger partial charge in [0.1, 0.15) is 0 Å². The molecular weight excluding hydrogens is 342 g/mol. The summed E-state index contributed by atoms with van der Waals surface area (Å²) in [6.45, 7) is 2.97. The molecular formula is C14H20BrNO3S. The molecule has 1 saturated heterocycles. The van der Waals surface area contributed by atoms with Crippen LogP contribution in [-0.2, 0) is 16.0 Å². The number of thiophene rings is 1. The van der Waals surface area contributed by atoms with Gasteiger partial charge < -0.3 is 14.7 Å². The topological polar surface area (TPSA) is 49.8 Å². The highest BCUT2D eigenvalue weighted by Crippen LogP contribution is 2.23. The molecule has 0 saturated carbocycles. The number of carbonyl (C=O) groups is 1. The third kappa shape index (κ3) is 4.28. The molecule has 2 unspecified atom stereocenters. The van der Waals surface area contributed by atoms with Crippen LogP contribution in [0.5, 0.6) is 0 Å². The van der Waals surface area contributed by atoms with E-state index in [4.69, 9.17) is 9.84 Å². The predicted molar refractivity (Wildman–Crippen MR) is 83.0 cm³/mol. The Labute approximate surface area is 131 Å². The number of nitrogens with zero attached hydrogens (tertiary/aromatic N) is 1. The number of hydrogen-bond acceptors (Lipinski definition) is 4. The minimum atomic E-state index is -0.233. The lowest BCUT2D eigenvalue weighted by Gasteiger charge is -2.37. The van der Waals surface area contributed by atoms with Gasteiger partial charge in [0.2, 0.25) is 5.91 Å². The van der Waals surface area contributed by atoms with Crippen molar-refractivity contribution in [2.75, 3.05) is 19.8 Å². The van der Waals surface area contributed by atoms with Crippen LogP contribution in [0.2, 0.25) is 0 Å². The van der Waals surface area contributed by atoms with E-state index in [1.54, 1.807) is 11.3 Å². The number of aliphatic hydroxyl groups excluding tert-OH is 1. The molecule has 2 heterocycles. The minimum absolute atomic E-state index is 0.0281. The molecule has 1 amide bonds. The summed E-state index contributed by atoms with van der Waals surface area (Å²) in [5.41, 5.74) is 0. The fraction of sp³-hybridized carbons (Fsp3) is 0.643. The number of hydrogen-bond donors (Lipinski definition) is 1. The van der Waals surface area contributed by atoms with E-state index >= 15 is 0 Å². The monoisotopic (exact) mass is 361 g/mol. The lowest BCUT2D eigenvalue weighted by molar-refractivity contribution is -0.146. The first-order valence-corrected chi connectivity index (χ1v) is 8.47. The molecule has 0 radical (unpaired) electrons. The zero-order chi connectivity index (χ0) is 14.5. The molecule has 1 fully saturated rings. The summed E-state index contributed by atoms with van der Waals surface area (Å²) in [6.07, 6.45) is 2.12. The number of amides is 1. The molecule has 0 aliphatic carbocycles. The maximum absolute atomic E-state index is 12.2. The van der Waals surface area contributed by atoms with E-state index in [-0.39, 0.29) is 24.7 Å². The van der Waals surface area contributed by atoms with Crippen molar-refractivity contribution in [3.8, 4) is 0 Å². The number of halogens is 1. The number of morpholine rings is 1. The van der Waals surface area contributed by atoms with Gasteiger partial charge in [-0.3, -0.25) is 4.79 Å². The van der Waals surface area contributed by atoms with Gasteiger partial charge in [-0.2, -0.15) is 0 Å². The molecule has 2 atom stereocenters. The summed E-state index contributed by atoms with van der Waals surface area (Å²) in [5, 5.41) is 9.14. The van der Waals surface area contributed by atoms with Crippen LogP contribution >= 0.6 is 27.3 Å². The lowest BCUT2D eigenvalue weighted by Crippen LogP contribution is -2.52. The zero-order valence-corrected chi connectivity index (χ0v) is 14.0.